The molecule has 1 rings (SSSR count). The van der Waals surface area contributed by atoms with Gasteiger partial charge in [0.05, 0.1) is 6.61 Å². The van der Waals surface area contributed by atoms with Crippen molar-refractivity contribution in [3.05, 3.63) is 24.4 Å². The lowest BCUT2D eigenvalue weighted by molar-refractivity contribution is -0.123. The van der Waals surface area contributed by atoms with Crippen LogP contribution in [0, 0.1) is 5.92 Å². The number of carbonyl (C=O) groups is 2. The van der Waals surface area contributed by atoms with Gasteiger partial charge in [-0.1, -0.05) is 30.7 Å². The summed E-state index contributed by atoms with van der Waals surface area (Å²) >= 11 is 0. The van der Waals surface area contributed by atoms with E-state index in [1.54, 1.807) is 27.8 Å². The fourth-order valence-corrected chi connectivity index (χ4v) is 3.62. The SMILES string of the molecule is CC(C)C(=O)CCOCCCC(=O)CCSSc1ccccn1. The van der Waals surface area contributed by atoms with Gasteiger partial charge in [0.1, 0.15) is 16.6 Å². The van der Waals surface area contributed by atoms with Crippen molar-refractivity contribution in [2.24, 2.45) is 5.92 Å². The van der Waals surface area contributed by atoms with Gasteiger partial charge in [0.15, 0.2) is 0 Å². The summed E-state index contributed by atoms with van der Waals surface area (Å²) in [6.45, 7) is 4.80. The lowest BCUT2D eigenvalue weighted by Crippen LogP contribution is -2.11. The Kier molecular flexibility index (Phi) is 11.0. The van der Waals surface area contributed by atoms with Crippen LogP contribution in [0.1, 0.15) is 39.5 Å². The van der Waals surface area contributed by atoms with Crippen molar-refractivity contribution in [1.29, 1.82) is 0 Å². The molecule has 1 aromatic rings. The lowest BCUT2D eigenvalue weighted by Gasteiger charge is -2.05. The van der Waals surface area contributed by atoms with Crippen molar-refractivity contribution in [3.63, 3.8) is 0 Å². The van der Waals surface area contributed by atoms with Crippen LogP contribution in [0.15, 0.2) is 29.4 Å². The molecule has 1 heterocycles. The fraction of sp³-hybridized carbons (Fsp3) is 0.588. The molecule has 4 nitrogen and oxygen atoms in total. The summed E-state index contributed by atoms with van der Waals surface area (Å²) in [5.74, 6) is 1.36. The maximum Gasteiger partial charge on any atom is 0.137 e. The molecule has 0 fully saturated rings. The molecule has 0 aliphatic carbocycles. The van der Waals surface area contributed by atoms with E-state index >= 15 is 0 Å². The van der Waals surface area contributed by atoms with Gasteiger partial charge in [0, 0.05) is 43.7 Å². The van der Waals surface area contributed by atoms with E-state index in [1.165, 1.54) is 0 Å². The van der Waals surface area contributed by atoms with E-state index in [1.807, 2.05) is 32.0 Å². The van der Waals surface area contributed by atoms with Gasteiger partial charge in [-0.15, -0.1) is 0 Å². The standard InChI is InChI=1S/C17H25NO3S2/c1-14(2)16(20)8-12-21-11-5-6-15(19)9-13-22-23-17-7-3-4-10-18-17/h3-4,7,10,14H,5-6,8-9,11-13H2,1-2H3. The molecule has 0 saturated carbocycles. The van der Waals surface area contributed by atoms with Crippen LogP contribution in [0.2, 0.25) is 0 Å². The number of rotatable bonds is 13. The molecule has 1 aromatic heterocycles. The van der Waals surface area contributed by atoms with Crippen molar-refractivity contribution < 1.29 is 14.3 Å². The predicted octanol–water partition coefficient (Wildman–Crippen LogP) is 4.19. The van der Waals surface area contributed by atoms with Gasteiger partial charge in [-0.2, -0.15) is 0 Å². The minimum atomic E-state index is 0.0710. The average molecular weight is 356 g/mol. The zero-order valence-corrected chi connectivity index (χ0v) is 15.5. The lowest BCUT2D eigenvalue weighted by atomic mass is 10.1. The molecule has 6 heteroatoms. The summed E-state index contributed by atoms with van der Waals surface area (Å²) in [6.07, 6.45) is 4.09. The highest BCUT2D eigenvalue weighted by molar-refractivity contribution is 8.76. The molecule has 23 heavy (non-hydrogen) atoms. The maximum atomic E-state index is 11.7. The largest absolute Gasteiger partial charge is 0.381 e. The highest BCUT2D eigenvalue weighted by atomic mass is 33.1. The normalized spacial score (nSPS) is 10.9. The highest BCUT2D eigenvalue weighted by Gasteiger charge is 2.07. The first-order valence-electron chi connectivity index (χ1n) is 7.92. The van der Waals surface area contributed by atoms with Gasteiger partial charge in [0.25, 0.3) is 0 Å². The number of ether oxygens (including phenoxy) is 1. The second-order valence-corrected chi connectivity index (χ2v) is 7.88. The Hall–Kier alpha value is -0.850. The van der Waals surface area contributed by atoms with E-state index in [2.05, 4.69) is 4.98 Å². The van der Waals surface area contributed by atoms with Crippen molar-refractivity contribution >= 4 is 33.2 Å². The van der Waals surface area contributed by atoms with E-state index in [-0.39, 0.29) is 17.5 Å². The van der Waals surface area contributed by atoms with Crippen LogP contribution in [0.25, 0.3) is 0 Å². The summed E-state index contributed by atoms with van der Waals surface area (Å²) in [6, 6.07) is 5.80. The third-order valence-electron chi connectivity index (χ3n) is 3.13. The number of pyridine rings is 1. The Bertz CT molecular complexity index is 466. The van der Waals surface area contributed by atoms with Gasteiger partial charge in [-0.3, -0.25) is 9.59 Å². The Morgan fingerprint density at radius 3 is 2.70 bits per heavy atom. The maximum absolute atomic E-state index is 11.7. The molecule has 0 atom stereocenters. The van der Waals surface area contributed by atoms with Crippen LogP contribution in [0.4, 0.5) is 0 Å². The number of ketones is 2. The summed E-state index contributed by atoms with van der Waals surface area (Å²) in [7, 11) is 3.25. The molecule has 0 saturated heterocycles. The van der Waals surface area contributed by atoms with Crippen molar-refractivity contribution in [1.82, 2.24) is 4.98 Å². The first-order valence-corrected chi connectivity index (χ1v) is 10.2. The van der Waals surface area contributed by atoms with Crippen molar-refractivity contribution in [2.45, 2.75) is 44.6 Å². The van der Waals surface area contributed by atoms with Crippen LogP contribution in [0.5, 0.6) is 0 Å². The first kappa shape index (κ1) is 20.2. The van der Waals surface area contributed by atoms with Crippen LogP contribution in [-0.4, -0.2) is 35.5 Å². The van der Waals surface area contributed by atoms with Crippen LogP contribution >= 0.6 is 21.6 Å². The van der Waals surface area contributed by atoms with E-state index in [4.69, 9.17) is 4.74 Å². The number of nitrogens with zero attached hydrogens (tertiary/aromatic N) is 1. The molecule has 0 aromatic carbocycles. The molecular formula is C17H25NO3S2. The molecular weight excluding hydrogens is 330 g/mol. The fourth-order valence-electron chi connectivity index (χ4n) is 1.71. The highest BCUT2D eigenvalue weighted by Crippen LogP contribution is 2.29. The zero-order chi connectivity index (χ0) is 16.9. The average Bonchev–Trinajstić information content (AvgIpc) is 2.55. The Morgan fingerprint density at radius 2 is 2.00 bits per heavy atom. The van der Waals surface area contributed by atoms with Gasteiger partial charge in [0.2, 0.25) is 0 Å². The number of hydrogen-bond acceptors (Lipinski definition) is 6. The summed E-state index contributed by atoms with van der Waals surface area (Å²) in [4.78, 5) is 27.3. The molecule has 128 valence electrons. The molecule has 0 amide bonds. The Morgan fingerprint density at radius 1 is 1.17 bits per heavy atom. The second kappa shape index (κ2) is 12.6. The molecule has 0 N–H and O–H groups in total. The molecule has 0 unspecified atom stereocenters. The summed E-state index contributed by atoms with van der Waals surface area (Å²) in [5.41, 5.74) is 0. The molecule has 0 bridgehead atoms. The minimum absolute atomic E-state index is 0.0710. The monoisotopic (exact) mass is 355 g/mol. The molecule has 0 aliphatic rings. The van der Waals surface area contributed by atoms with Crippen molar-refractivity contribution in [2.75, 3.05) is 19.0 Å². The molecule has 0 spiro atoms. The number of aromatic nitrogens is 1. The summed E-state index contributed by atoms with van der Waals surface area (Å²) in [5, 5.41) is 0.967. The minimum Gasteiger partial charge on any atom is -0.381 e. The van der Waals surface area contributed by atoms with Gasteiger partial charge >= 0.3 is 0 Å². The number of carbonyl (C=O) groups excluding carboxylic acids is 2. The van der Waals surface area contributed by atoms with Crippen molar-refractivity contribution in [3.8, 4) is 0 Å². The quantitative estimate of drug-likeness (QED) is 0.390. The van der Waals surface area contributed by atoms with E-state index in [0.717, 1.165) is 17.2 Å². The molecule has 0 radical (unpaired) electrons. The second-order valence-electron chi connectivity index (χ2n) is 5.45. The zero-order valence-electron chi connectivity index (χ0n) is 13.8. The van der Waals surface area contributed by atoms with Gasteiger partial charge in [-0.05, 0) is 29.3 Å². The third kappa shape index (κ3) is 10.5. The first-order chi connectivity index (χ1) is 11.1. The summed E-state index contributed by atoms with van der Waals surface area (Å²) < 4.78 is 5.40. The topological polar surface area (TPSA) is 56.3 Å². The van der Waals surface area contributed by atoms with Crippen LogP contribution in [0.3, 0.4) is 0 Å². The number of hydrogen-bond donors (Lipinski definition) is 0. The third-order valence-corrected chi connectivity index (χ3v) is 5.39. The van der Waals surface area contributed by atoms with E-state index in [9.17, 15) is 9.59 Å². The van der Waals surface area contributed by atoms with Gasteiger partial charge in [-0.25, -0.2) is 4.98 Å². The molecule has 0 aliphatic heterocycles. The number of Topliss-reactive ketones (excluding diaryl/α,β-unsaturated/α-hetero) is 2. The van der Waals surface area contributed by atoms with E-state index in [0.29, 0.717) is 32.5 Å². The Labute approximate surface area is 146 Å². The Balaban J connectivity index is 1.93. The predicted molar refractivity (Wildman–Crippen MR) is 96.7 cm³/mol. The smallest absolute Gasteiger partial charge is 0.137 e. The van der Waals surface area contributed by atoms with Crippen LogP contribution in [-0.2, 0) is 14.3 Å². The van der Waals surface area contributed by atoms with Crippen LogP contribution < -0.4 is 0 Å². The van der Waals surface area contributed by atoms with Gasteiger partial charge < -0.3 is 4.74 Å². The van der Waals surface area contributed by atoms with E-state index < -0.39 is 0 Å².